The van der Waals surface area contributed by atoms with Gasteiger partial charge in [-0.05, 0) is 55.8 Å². The number of rotatable bonds is 3. The molecule has 0 aliphatic carbocycles. The average Bonchev–Trinajstić information content (AvgIpc) is 2.57. The van der Waals surface area contributed by atoms with E-state index in [9.17, 15) is 0 Å². The third kappa shape index (κ3) is 3.48. The second-order valence-electron chi connectivity index (χ2n) is 5.33. The number of hydrogen-bond acceptors (Lipinski definition) is 2. The van der Waals surface area contributed by atoms with Crippen LogP contribution in [0.15, 0.2) is 22.7 Å². The monoisotopic (exact) mass is 310 g/mol. The Morgan fingerprint density at radius 2 is 2.17 bits per heavy atom. The second kappa shape index (κ2) is 6.58. The lowest BCUT2D eigenvalue weighted by Crippen LogP contribution is -2.25. The van der Waals surface area contributed by atoms with Crippen LogP contribution < -0.4 is 10.6 Å². The molecule has 1 aliphatic heterocycles. The molecule has 1 aliphatic rings. The minimum Gasteiger partial charge on any atom is -0.371 e. The highest BCUT2D eigenvalue weighted by atomic mass is 79.9. The van der Waals surface area contributed by atoms with Gasteiger partial charge in [0.2, 0.25) is 0 Å². The van der Waals surface area contributed by atoms with Crippen molar-refractivity contribution in [3.05, 3.63) is 28.2 Å². The van der Waals surface area contributed by atoms with E-state index < -0.39 is 0 Å². The van der Waals surface area contributed by atoms with Crippen LogP contribution in [0.1, 0.15) is 31.7 Å². The number of hydrogen-bond donors (Lipinski definition) is 1. The molecule has 0 spiro atoms. The van der Waals surface area contributed by atoms with Gasteiger partial charge >= 0.3 is 0 Å². The molecule has 100 valence electrons. The van der Waals surface area contributed by atoms with Gasteiger partial charge in [0.25, 0.3) is 0 Å². The molecule has 1 aromatic rings. The zero-order chi connectivity index (χ0) is 13.0. The van der Waals surface area contributed by atoms with Gasteiger partial charge in [-0.3, -0.25) is 0 Å². The smallest absolute Gasteiger partial charge is 0.0410 e. The number of halogens is 1. The summed E-state index contributed by atoms with van der Waals surface area (Å²) in [6, 6.07) is 6.58. The van der Waals surface area contributed by atoms with Crippen LogP contribution in [0.2, 0.25) is 0 Å². The maximum atomic E-state index is 5.72. The van der Waals surface area contributed by atoms with Crippen molar-refractivity contribution in [2.75, 3.05) is 24.5 Å². The Morgan fingerprint density at radius 3 is 2.94 bits per heavy atom. The summed E-state index contributed by atoms with van der Waals surface area (Å²) in [4.78, 5) is 2.54. The third-order valence-corrected chi connectivity index (χ3v) is 4.31. The van der Waals surface area contributed by atoms with Crippen LogP contribution >= 0.6 is 15.9 Å². The fourth-order valence-corrected chi connectivity index (χ4v) is 3.05. The second-order valence-corrected chi connectivity index (χ2v) is 6.25. The van der Waals surface area contributed by atoms with Gasteiger partial charge < -0.3 is 10.6 Å². The van der Waals surface area contributed by atoms with Crippen LogP contribution in [0.3, 0.4) is 0 Å². The number of nitrogens with zero attached hydrogens (tertiary/aromatic N) is 1. The molecule has 1 fully saturated rings. The van der Waals surface area contributed by atoms with E-state index >= 15 is 0 Å². The SMILES string of the molecule is CC1CCCN(c2cc(Br)ccc2CCN)CC1. The first-order chi connectivity index (χ1) is 8.70. The first kappa shape index (κ1) is 13.9. The molecule has 1 atom stereocenters. The van der Waals surface area contributed by atoms with Crippen LogP contribution in [0, 0.1) is 5.92 Å². The largest absolute Gasteiger partial charge is 0.371 e. The molecule has 2 rings (SSSR count). The van der Waals surface area contributed by atoms with E-state index in [2.05, 4.69) is 46.0 Å². The maximum Gasteiger partial charge on any atom is 0.0410 e. The summed E-state index contributed by atoms with van der Waals surface area (Å²) in [5, 5.41) is 0. The molecule has 0 aromatic heterocycles. The quantitative estimate of drug-likeness (QED) is 0.924. The van der Waals surface area contributed by atoms with E-state index in [1.54, 1.807) is 0 Å². The number of benzene rings is 1. The molecule has 2 nitrogen and oxygen atoms in total. The van der Waals surface area contributed by atoms with Crippen LogP contribution in [0.5, 0.6) is 0 Å². The van der Waals surface area contributed by atoms with Crippen molar-refractivity contribution in [1.29, 1.82) is 0 Å². The summed E-state index contributed by atoms with van der Waals surface area (Å²) in [6.07, 6.45) is 4.93. The Balaban J connectivity index is 2.21. The highest BCUT2D eigenvalue weighted by Gasteiger charge is 2.16. The molecule has 0 bridgehead atoms. The molecule has 0 radical (unpaired) electrons. The van der Waals surface area contributed by atoms with Gasteiger partial charge in [-0.15, -0.1) is 0 Å². The highest BCUT2D eigenvalue weighted by Crippen LogP contribution is 2.28. The van der Waals surface area contributed by atoms with Crippen molar-refractivity contribution < 1.29 is 0 Å². The van der Waals surface area contributed by atoms with Crippen molar-refractivity contribution in [2.45, 2.75) is 32.6 Å². The molecular formula is C15H23BrN2. The number of anilines is 1. The first-order valence-corrected chi connectivity index (χ1v) is 7.73. The fraction of sp³-hybridized carbons (Fsp3) is 0.600. The minimum absolute atomic E-state index is 0.721. The Kier molecular flexibility index (Phi) is 5.07. The topological polar surface area (TPSA) is 29.3 Å². The van der Waals surface area contributed by atoms with Gasteiger partial charge in [0.15, 0.2) is 0 Å². The molecule has 1 heterocycles. The van der Waals surface area contributed by atoms with Crippen LogP contribution in [0.4, 0.5) is 5.69 Å². The predicted molar refractivity (Wildman–Crippen MR) is 82.1 cm³/mol. The van der Waals surface area contributed by atoms with Crippen molar-refractivity contribution in [3.63, 3.8) is 0 Å². The summed E-state index contributed by atoms with van der Waals surface area (Å²) in [5.41, 5.74) is 8.48. The normalized spacial score (nSPS) is 20.8. The lowest BCUT2D eigenvalue weighted by Gasteiger charge is -2.26. The lowest BCUT2D eigenvalue weighted by molar-refractivity contribution is 0.521. The zero-order valence-electron chi connectivity index (χ0n) is 11.2. The molecule has 1 saturated heterocycles. The molecule has 0 amide bonds. The van der Waals surface area contributed by atoms with Crippen LogP contribution in [-0.2, 0) is 6.42 Å². The predicted octanol–water partition coefficient (Wildman–Crippen LogP) is 3.58. The Labute approximate surface area is 119 Å². The van der Waals surface area contributed by atoms with Crippen molar-refractivity contribution in [3.8, 4) is 0 Å². The van der Waals surface area contributed by atoms with Gasteiger partial charge in [-0.25, -0.2) is 0 Å². The minimum atomic E-state index is 0.721. The zero-order valence-corrected chi connectivity index (χ0v) is 12.7. The van der Waals surface area contributed by atoms with Gasteiger partial charge in [0.1, 0.15) is 0 Å². The molecule has 1 unspecified atom stereocenters. The Hall–Kier alpha value is -0.540. The van der Waals surface area contributed by atoms with Crippen LogP contribution in [-0.4, -0.2) is 19.6 Å². The van der Waals surface area contributed by atoms with Crippen molar-refractivity contribution in [1.82, 2.24) is 0 Å². The summed E-state index contributed by atoms with van der Waals surface area (Å²) in [7, 11) is 0. The Bertz CT molecular complexity index is 392. The number of nitrogens with two attached hydrogens (primary N) is 1. The summed E-state index contributed by atoms with van der Waals surface area (Å²) < 4.78 is 1.16. The van der Waals surface area contributed by atoms with E-state index in [0.717, 1.165) is 23.4 Å². The molecule has 1 aromatic carbocycles. The summed E-state index contributed by atoms with van der Waals surface area (Å²) in [6.45, 7) is 5.44. The van der Waals surface area contributed by atoms with Crippen molar-refractivity contribution in [2.24, 2.45) is 11.7 Å². The van der Waals surface area contributed by atoms with Crippen molar-refractivity contribution >= 4 is 21.6 Å². The van der Waals surface area contributed by atoms with Crippen LogP contribution in [0.25, 0.3) is 0 Å². The van der Waals surface area contributed by atoms with Gasteiger partial charge in [-0.1, -0.05) is 28.9 Å². The van der Waals surface area contributed by atoms with E-state index in [4.69, 9.17) is 5.73 Å². The highest BCUT2D eigenvalue weighted by molar-refractivity contribution is 9.10. The maximum absolute atomic E-state index is 5.72. The van der Waals surface area contributed by atoms with E-state index in [-0.39, 0.29) is 0 Å². The molecule has 0 saturated carbocycles. The standard InChI is InChI=1S/C15H23BrN2/c1-12-3-2-9-18(10-7-12)15-11-14(16)5-4-13(15)6-8-17/h4-5,11-12H,2-3,6-10,17H2,1H3. The molecule has 2 N–H and O–H groups in total. The lowest BCUT2D eigenvalue weighted by atomic mass is 10.0. The molecular weight excluding hydrogens is 288 g/mol. The fourth-order valence-electron chi connectivity index (χ4n) is 2.70. The van der Waals surface area contributed by atoms with Gasteiger partial charge in [0, 0.05) is 23.2 Å². The van der Waals surface area contributed by atoms with Gasteiger partial charge in [0.05, 0.1) is 0 Å². The first-order valence-electron chi connectivity index (χ1n) is 6.94. The van der Waals surface area contributed by atoms with E-state index in [1.807, 2.05) is 0 Å². The summed E-state index contributed by atoms with van der Waals surface area (Å²) in [5.74, 6) is 0.861. The van der Waals surface area contributed by atoms with Gasteiger partial charge in [-0.2, -0.15) is 0 Å². The third-order valence-electron chi connectivity index (χ3n) is 3.82. The van der Waals surface area contributed by atoms with E-state index in [1.165, 1.54) is 43.6 Å². The Morgan fingerprint density at radius 1 is 1.33 bits per heavy atom. The van der Waals surface area contributed by atoms with E-state index in [0.29, 0.717) is 0 Å². The molecule has 3 heteroatoms. The molecule has 18 heavy (non-hydrogen) atoms. The summed E-state index contributed by atoms with van der Waals surface area (Å²) >= 11 is 3.59. The average molecular weight is 311 g/mol.